The normalized spacial score (nSPS) is 12.4. The van der Waals surface area contributed by atoms with E-state index < -0.39 is 11.6 Å². The lowest BCUT2D eigenvalue weighted by Crippen LogP contribution is -2.06. The SMILES string of the molecule is CC(CCN)CCc1ccc(-c2cc(F)cc(F)c2)cc1. The number of rotatable bonds is 6. The summed E-state index contributed by atoms with van der Waals surface area (Å²) >= 11 is 0. The van der Waals surface area contributed by atoms with Gasteiger partial charge >= 0.3 is 0 Å². The average Bonchev–Trinajstić information content (AvgIpc) is 2.45. The first-order chi connectivity index (χ1) is 10.1. The van der Waals surface area contributed by atoms with Crippen molar-refractivity contribution in [3.05, 3.63) is 59.7 Å². The first kappa shape index (κ1) is 15.6. The Morgan fingerprint density at radius 1 is 0.905 bits per heavy atom. The number of hydrogen-bond acceptors (Lipinski definition) is 1. The molecule has 0 amide bonds. The van der Waals surface area contributed by atoms with E-state index in [1.807, 2.05) is 24.3 Å². The summed E-state index contributed by atoms with van der Waals surface area (Å²) in [4.78, 5) is 0. The van der Waals surface area contributed by atoms with E-state index in [0.29, 0.717) is 11.5 Å². The molecule has 3 heteroatoms. The molecule has 0 heterocycles. The van der Waals surface area contributed by atoms with Crippen LogP contribution in [0.2, 0.25) is 0 Å². The van der Waals surface area contributed by atoms with Gasteiger partial charge in [0.05, 0.1) is 0 Å². The number of halogens is 2. The third-order valence-electron chi connectivity index (χ3n) is 3.74. The van der Waals surface area contributed by atoms with Crippen LogP contribution < -0.4 is 5.73 Å². The van der Waals surface area contributed by atoms with Crippen molar-refractivity contribution in [2.24, 2.45) is 11.7 Å². The van der Waals surface area contributed by atoms with E-state index in [4.69, 9.17) is 5.73 Å². The molecular weight excluding hydrogens is 268 g/mol. The molecule has 0 saturated heterocycles. The van der Waals surface area contributed by atoms with Crippen LogP contribution in [0.4, 0.5) is 8.78 Å². The highest BCUT2D eigenvalue weighted by Crippen LogP contribution is 2.23. The molecule has 0 saturated carbocycles. The Balaban J connectivity index is 2.04. The molecular formula is C18H21F2N. The largest absolute Gasteiger partial charge is 0.330 e. The highest BCUT2D eigenvalue weighted by molar-refractivity contribution is 5.63. The van der Waals surface area contributed by atoms with Crippen LogP contribution >= 0.6 is 0 Å². The Bertz CT molecular complexity index is 558. The standard InChI is InChI=1S/C18H21F2N/c1-13(8-9-21)2-3-14-4-6-15(7-5-14)16-10-17(19)12-18(20)11-16/h4-7,10-13H,2-3,8-9,21H2,1H3. The highest BCUT2D eigenvalue weighted by Gasteiger charge is 2.05. The molecule has 0 aliphatic rings. The van der Waals surface area contributed by atoms with Gasteiger partial charge in [-0.25, -0.2) is 8.78 Å². The summed E-state index contributed by atoms with van der Waals surface area (Å²) in [6, 6.07) is 11.5. The zero-order valence-electron chi connectivity index (χ0n) is 12.3. The Hall–Kier alpha value is -1.74. The van der Waals surface area contributed by atoms with E-state index >= 15 is 0 Å². The minimum atomic E-state index is -0.551. The van der Waals surface area contributed by atoms with Crippen LogP contribution in [0.5, 0.6) is 0 Å². The topological polar surface area (TPSA) is 26.0 Å². The van der Waals surface area contributed by atoms with Crippen molar-refractivity contribution in [1.29, 1.82) is 0 Å². The Morgan fingerprint density at radius 2 is 1.52 bits per heavy atom. The Kier molecular flexibility index (Phi) is 5.45. The smallest absolute Gasteiger partial charge is 0.126 e. The molecule has 0 fully saturated rings. The molecule has 0 aliphatic heterocycles. The van der Waals surface area contributed by atoms with Crippen LogP contribution in [-0.2, 0) is 6.42 Å². The maximum Gasteiger partial charge on any atom is 0.126 e. The van der Waals surface area contributed by atoms with E-state index in [1.165, 1.54) is 17.7 Å². The summed E-state index contributed by atoms with van der Waals surface area (Å²) in [7, 11) is 0. The molecule has 2 N–H and O–H groups in total. The van der Waals surface area contributed by atoms with E-state index in [2.05, 4.69) is 6.92 Å². The number of benzene rings is 2. The van der Waals surface area contributed by atoms with Crippen molar-refractivity contribution in [2.75, 3.05) is 6.54 Å². The second-order valence-corrected chi connectivity index (χ2v) is 5.58. The second kappa shape index (κ2) is 7.32. The van der Waals surface area contributed by atoms with Crippen LogP contribution in [0, 0.1) is 17.6 Å². The van der Waals surface area contributed by atoms with Crippen molar-refractivity contribution in [3.8, 4) is 11.1 Å². The van der Waals surface area contributed by atoms with Gasteiger partial charge in [-0.3, -0.25) is 0 Å². The average molecular weight is 289 g/mol. The first-order valence-electron chi connectivity index (χ1n) is 7.34. The van der Waals surface area contributed by atoms with Gasteiger partial charge in [0, 0.05) is 6.07 Å². The predicted octanol–water partition coefficient (Wildman–Crippen LogP) is 4.55. The van der Waals surface area contributed by atoms with Gasteiger partial charge in [-0.1, -0.05) is 31.2 Å². The molecule has 0 aliphatic carbocycles. The Morgan fingerprint density at radius 3 is 2.10 bits per heavy atom. The maximum atomic E-state index is 13.2. The molecule has 21 heavy (non-hydrogen) atoms. The van der Waals surface area contributed by atoms with Crippen molar-refractivity contribution in [3.63, 3.8) is 0 Å². The third-order valence-corrected chi connectivity index (χ3v) is 3.74. The summed E-state index contributed by atoms with van der Waals surface area (Å²) < 4.78 is 26.4. The van der Waals surface area contributed by atoms with Gasteiger partial charge in [-0.2, -0.15) is 0 Å². The van der Waals surface area contributed by atoms with E-state index in [0.717, 1.165) is 37.4 Å². The summed E-state index contributed by atoms with van der Waals surface area (Å²) in [6.45, 7) is 2.93. The van der Waals surface area contributed by atoms with Crippen LogP contribution in [0.3, 0.4) is 0 Å². The molecule has 2 aromatic rings. The molecule has 0 bridgehead atoms. The lowest BCUT2D eigenvalue weighted by Gasteiger charge is -2.10. The second-order valence-electron chi connectivity index (χ2n) is 5.58. The summed E-state index contributed by atoms with van der Waals surface area (Å²) in [6.07, 6.45) is 3.14. The van der Waals surface area contributed by atoms with Crippen LogP contribution in [0.15, 0.2) is 42.5 Å². The number of hydrogen-bond donors (Lipinski definition) is 1. The van der Waals surface area contributed by atoms with Gasteiger partial charge in [0.15, 0.2) is 0 Å². The minimum Gasteiger partial charge on any atom is -0.330 e. The fourth-order valence-corrected chi connectivity index (χ4v) is 2.43. The lowest BCUT2D eigenvalue weighted by molar-refractivity contribution is 0.500. The molecule has 2 rings (SSSR count). The van der Waals surface area contributed by atoms with Gasteiger partial charge in [0.1, 0.15) is 11.6 Å². The Labute approximate surface area is 124 Å². The predicted molar refractivity (Wildman–Crippen MR) is 83.0 cm³/mol. The fraction of sp³-hybridized carbons (Fsp3) is 0.333. The van der Waals surface area contributed by atoms with Gasteiger partial charge in [-0.15, -0.1) is 0 Å². The summed E-state index contributed by atoms with van der Waals surface area (Å²) in [5.41, 5.74) is 8.17. The molecule has 0 spiro atoms. The van der Waals surface area contributed by atoms with Crippen molar-refractivity contribution in [1.82, 2.24) is 0 Å². The minimum absolute atomic E-state index is 0.551. The van der Waals surface area contributed by atoms with Crippen LogP contribution in [0.1, 0.15) is 25.3 Å². The highest BCUT2D eigenvalue weighted by atomic mass is 19.1. The molecule has 0 aromatic heterocycles. The van der Waals surface area contributed by atoms with Crippen molar-refractivity contribution < 1.29 is 8.78 Å². The molecule has 112 valence electrons. The van der Waals surface area contributed by atoms with E-state index in [9.17, 15) is 8.78 Å². The first-order valence-corrected chi connectivity index (χ1v) is 7.34. The zero-order chi connectivity index (χ0) is 15.2. The molecule has 1 atom stereocenters. The summed E-state index contributed by atoms with van der Waals surface area (Å²) in [5, 5.41) is 0. The quantitative estimate of drug-likeness (QED) is 0.829. The molecule has 0 radical (unpaired) electrons. The van der Waals surface area contributed by atoms with Crippen molar-refractivity contribution in [2.45, 2.75) is 26.2 Å². The molecule has 1 unspecified atom stereocenters. The van der Waals surface area contributed by atoms with Gasteiger partial charge in [0.2, 0.25) is 0 Å². The van der Waals surface area contributed by atoms with Gasteiger partial charge in [0.25, 0.3) is 0 Å². The number of aryl methyl sites for hydroxylation is 1. The van der Waals surface area contributed by atoms with E-state index in [-0.39, 0.29) is 0 Å². The summed E-state index contributed by atoms with van der Waals surface area (Å²) in [5.74, 6) is -0.485. The van der Waals surface area contributed by atoms with Gasteiger partial charge in [-0.05, 0) is 60.5 Å². The maximum absolute atomic E-state index is 13.2. The van der Waals surface area contributed by atoms with Gasteiger partial charge < -0.3 is 5.73 Å². The lowest BCUT2D eigenvalue weighted by atomic mass is 9.97. The number of nitrogens with two attached hydrogens (primary N) is 1. The fourth-order valence-electron chi connectivity index (χ4n) is 2.43. The zero-order valence-corrected chi connectivity index (χ0v) is 12.3. The molecule has 2 aromatic carbocycles. The van der Waals surface area contributed by atoms with E-state index in [1.54, 1.807) is 0 Å². The van der Waals surface area contributed by atoms with Crippen LogP contribution in [0.25, 0.3) is 11.1 Å². The monoisotopic (exact) mass is 289 g/mol. The third kappa shape index (κ3) is 4.64. The van der Waals surface area contributed by atoms with Crippen LogP contribution in [-0.4, -0.2) is 6.54 Å². The molecule has 1 nitrogen and oxygen atoms in total. The van der Waals surface area contributed by atoms with Crippen molar-refractivity contribution >= 4 is 0 Å².